The fourth-order valence-electron chi connectivity index (χ4n) is 2.48. The van der Waals surface area contributed by atoms with Gasteiger partial charge < -0.3 is 9.30 Å². The molecule has 2 aromatic carbocycles. The van der Waals surface area contributed by atoms with Crippen LogP contribution in [0, 0.1) is 0 Å². The SMILES string of the molecule is CCCCO/C(=C/c1ccc(-n2ccnc2)cc1)c1cccc(Cl)c1. The Balaban J connectivity index is 1.86. The zero-order chi connectivity index (χ0) is 17.5. The molecular formula is C21H21ClN2O. The number of rotatable bonds is 7. The number of aromatic nitrogens is 2. The topological polar surface area (TPSA) is 27.1 Å². The van der Waals surface area contributed by atoms with Crippen molar-refractivity contribution in [1.82, 2.24) is 9.55 Å². The molecule has 0 spiro atoms. The molecule has 0 atom stereocenters. The van der Waals surface area contributed by atoms with Gasteiger partial charge in [-0.1, -0.05) is 49.2 Å². The lowest BCUT2D eigenvalue weighted by Crippen LogP contribution is -1.95. The van der Waals surface area contributed by atoms with E-state index >= 15 is 0 Å². The van der Waals surface area contributed by atoms with Crippen molar-refractivity contribution in [3.8, 4) is 5.69 Å². The van der Waals surface area contributed by atoms with Crippen LogP contribution in [0.5, 0.6) is 0 Å². The highest BCUT2D eigenvalue weighted by Crippen LogP contribution is 2.23. The summed E-state index contributed by atoms with van der Waals surface area (Å²) in [6, 6.07) is 16.0. The van der Waals surface area contributed by atoms with E-state index in [4.69, 9.17) is 16.3 Å². The van der Waals surface area contributed by atoms with Gasteiger partial charge in [0.05, 0.1) is 12.9 Å². The lowest BCUT2D eigenvalue weighted by molar-refractivity contribution is 0.272. The standard InChI is InChI=1S/C21H21ClN2O/c1-2-3-13-25-21(18-5-4-6-19(22)15-18)14-17-7-9-20(10-8-17)24-12-11-23-16-24/h4-12,14-16H,2-3,13H2,1H3/b21-14+. The molecule has 1 aromatic heterocycles. The number of benzene rings is 2. The van der Waals surface area contributed by atoms with E-state index in [1.54, 1.807) is 12.5 Å². The molecule has 1 heterocycles. The molecule has 0 saturated carbocycles. The predicted molar refractivity (Wildman–Crippen MR) is 104 cm³/mol. The van der Waals surface area contributed by atoms with Crippen molar-refractivity contribution < 1.29 is 4.74 Å². The highest BCUT2D eigenvalue weighted by Gasteiger charge is 2.05. The van der Waals surface area contributed by atoms with Gasteiger partial charge in [0.2, 0.25) is 0 Å². The Kier molecular flexibility index (Phi) is 5.91. The van der Waals surface area contributed by atoms with Crippen molar-refractivity contribution in [1.29, 1.82) is 0 Å². The quantitative estimate of drug-likeness (QED) is 0.303. The van der Waals surface area contributed by atoms with Crippen LogP contribution >= 0.6 is 11.6 Å². The van der Waals surface area contributed by atoms with Crippen molar-refractivity contribution in [3.63, 3.8) is 0 Å². The molecule has 0 amide bonds. The van der Waals surface area contributed by atoms with Gasteiger partial charge in [-0.3, -0.25) is 0 Å². The Bertz CT molecular complexity index is 823. The van der Waals surface area contributed by atoms with E-state index in [0.29, 0.717) is 11.6 Å². The van der Waals surface area contributed by atoms with Crippen LogP contribution in [0.25, 0.3) is 17.5 Å². The zero-order valence-electron chi connectivity index (χ0n) is 14.2. The van der Waals surface area contributed by atoms with E-state index in [1.165, 1.54) is 0 Å². The van der Waals surface area contributed by atoms with Gasteiger partial charge >= 0.3 is 0 Å². The molecule has 3 nitrogen and oxygen atoms in total. The molecular weight excluding hydrogens is 332 g/mol. The van der Waals surface area contributed by atoms with Crippen molar-refractivity contribution in [2.24, 2.45) is 0 Å². The fraction of sp³-hybridized carbons (Fsp3) is 0.190. The maximum Gasteiger partial charge on any atom is 0.127 e. The van der Waals surface area contributed by atoms with E-state index in [1.807, 2.05) is 35.0 Å². The van der Waals surface area contributed by atoms with E-state index in [2.05, 4.69) is 42.2 Å². The van der Waals surface area contributed by atoms with Crippen molar-refractivity contribution in [2.75, 3.05) is 6.61 Å². The van der Waals surface area contributed by atoms with Gasteiger partial charge in [-0.2, -0.15) is 0 Å². The second-order valence-electron chi connectivity index (χ2n) is 5.78. The highest BCUT2D eigenvalue weighted by molar-refractivity contribution is 6.30. The van der Waals surface area contributed by atoms with Gasteiger partial charge in [-0.15, -0.1) is 0 Å². The average molecular weight is 353 g/mol. The number of halogens is 1. The Labute approximate surface area is 153 Å². The summed E-state index contributed by atoms with van der Waals surface area (Å²) in [6.07, 6.45) is 9.66. The minimum Gasteiger partial charge on any atom is -0.493 e. The molecule has 0 unspecified atom stereocenters. The third-order valence-electron chi connectivity index (χ3n) is 3.86. The summed E-state index contributed by atoms with van der Waals surface area (Å²) in [4.78, 5) is 4.08. The monoisotopic (exact) mass is 352 g/mol. The number of nitrogens with zero attached hydrogens (tertiary/aromatic N) is 2. The van der Waals surface area contributed by atoms with Crippen LogP contribution in [0.4, 0.5) is 0 Å². The van der Waals surface area contributed by atoms with E-state index in [-0.39, 0.29) is 0 Å². The molecule has 0 radical (unpaired) electrons. The maximum absolute atomic E-state index is 6.14. The molecule has 128 valence electrons. The number of imidazole rings is 1. The molecule has 0 fully saturated rings. The average Bonchev–Trinajstić information content (AvgIpc) is 3.16. The maximum atomic E-state index is 6.14. The fourth-order valence-corrected chi connectivity index (χ4v) is 2.67. The minimum absolute atomic E-state index is 0.696. The van der Waals surface area contributed by atoms with E-state index in [0.717, 1.165) is 35.4 Å². The van der Waals surface area contributed by atoms with E-state index < -0.39 is 0 Å². The van der Waals surface area contributed by atoms with E-state index in [9.17, 15) is 0 Å². The van der Waals surface area contributed by atoms with Crippen molar-refractivity contribution >= 4 is 23.4 Å². The smallest absolute Gasteiger partial charge is 0.127 e. The minimum atomic E-state index is 0.696. The van der Waals surface area contributed by atoms with Crippen molar-refractivity contribution in [3.05, 3.63) is 83.4 Å². The summed E-state index contributed by atoms with van der Waals surface area (Å²) in [6.45, 7) is 2.85. The van der Waals surface area contributed by atoms with Gasteiger partial charge in [-0.25, -0.2) is 4.98 Å². The second-order valence-corrected chi connectivity index (χ2v) is 6.22. The molecule has 0 bridgehead atoms. The largest absolute Gasteiger partial charge is 0.493 e. The summed E-state index contributed by atoms with van der Waals surface area (Å²) in [5, 5.41) is 0.706. The molecule has 0 saturated heterocycles. The lowest BCUT2D eigenvalue weighted by atomic mass is 10.1. The molecule has 0 aliphatic heterocycles. The Morgan fingerprint density at radius 3 is 2.72 bits per heavy atom. The molecule has 3 aromatic rings. The number of hydrogen-bond acceptors (Lipinski definition) is 2. The molecule has 0 aliphatic carbocycles. The van der Waals surface area contributed by atoms with Gasteiger partial charge in [-0.05, 0) is 42.3 Å². The molecule has 0 aliphatic rings. The van der Waals surface area contributed by atoms with Gasteiger partial charge in [0.1, 0.15) is 5.76 Å². The van der Waals surface area contributed by atoms with Gasteiger partial charge in [0.15, 0.2) is 0 Å². The third kappa shape index (κ3) is 4.74. The third-order valence-corrected chi connectivity index (χ3v) is 4.09. The lowest BCUT2D eigenvalue weighted by Gasteiger charge is -2.11. The number of hydrogen-bond donors (Lipinski definition) is 0. The summed E-state index contributed by atoms with van der Waals surface area (Å²) in [5.41, 5.74) is 3.14. The summed E-state index contributed by atoms with van der Waals surface area (Å²) in [7, 11) is 0. The van der Waals surface area contributed by atoms with Crippen LogP contribution < -0.4 is 0 Å². The normalized spacial score (nSPS) is 11.5. The first-order valence-corrected chi connectivity index (χ1v) is 8.83. The van der Waals surface area contributed by atoms with Crippen LogP contribution in [-0.4, -0.2) is 16.2 Å². The number of unbranched alkanes of at least 4 members (excludes halogenated alkanes) is 1. The van der Waals surface area contributed by atoms with Crippen LogP contribution in [0.3, 0.4) is 0 Å². The molecule has 3 rings (SSSR count). The second kappa shape index (κ2) is 8.54. The first-order chi connectivity index (χ1) is 12.3. The number of ether oxygens (including phenoxy) is 1. The molecule has 25 heavy (non-hydrogen) atoms. The van der Waals surface area contributed by atoms with Crippen LogP contribution in [-0.2, 0) is 4.74 Å². The summed E-state index contributed by atoms with van der Waals surface area (Å²) >= 11 is 6.14. The molecule has 0 N–H and O–H groups in total. The highest BCUT2D eigenvalue weighted by atomic mass is 35.5. The summed E-state index contributed by atoms with van der Waals surface area (Å²) < 4.78 is 7.99. The Morgan fingerprint density at radius 2 is 2.04 bits per heavy atom. The van der Waals surface area contributed by atoms with Crippen LogP contribution in [0.1, 0.15) is 30.9 Å². The first kappa shape index (κ1) is 17.3. The summed E-state index contributed by atoms with van der Waals surface area (Å²) in [5.74, 6) is 0.839. The van der Waals surface area contributed by atoms with Gasteiger partial charge in [0, 0.05) is 28.7 Å². The first-order valence-electron chi connectivity index (χ1n) is 8.45. The van der Waals surface area contributed by atoms with Crippen molar-refractivity contribution in [2.45, 2.75) is 19.8 Å². The van der Waals surface area contributed by atoms with Crippen LogP contribution in [0.2, 0.25) is 5.02 Å². The van der Waals surface area contributed by atoms with Crippen LogP contribution in [0.15, 0.2) is 67.3 Å². The predicted octanol–water partition coefficient (Wildman–Crippen LogP) is 5.84. The molecule has 4 heteroatoms. The zero-order valence-corrected chi connectivity index (χ0v) is 15.0. The Morgan fingerprint density at radius 1 is 1.20 bits per heavy atom. The van der Waals surface area contributed by atoms with Gasteiger partial charge in [0.25, 0.3) is 0 Å². The Hall–Kier alpha value is -2.52.